The minimum atomic E-state index is -3.79. The Hall–Kier alpha value is -1.34. The van der Waals surface area contributed by atoms with Crippen LogP contribution in [0.5, 0.6) is 0 Å². The van der Waals surface area contributed by atoms with Crippen LogP contribution in [0.1, 0.15) is 50.0 Å². The predicted molar refractivity (Wildman–Crippen MR) is 80.4 cm³/mol. The summed E-state index contributed by atoms with van der Waals surface area (Å²) < 4.78 is 24.4. The van der Waals surface area contributed by atoms with Crippen molar-refractivity contribution in [1.29, 1.82) is 0 Å². The Kier molecular flexibility index (Phi) is 4.43. The Bertz CT molecular complexity index is 630. The second kappa shape index (κ2) is 5.81. The van der Waals surface area contributed by atoms with E-state index in [4.69, 9.17) is 5.14 Å². The number of carbonyl (C=O) groups is 1. The largest absolute Gasteiger partial charge is 0.350 e. The zero-order valence-corrected chi connectivity index (χ0v) is 13.4. The van der Waals surface area contributed by atoms with Crippen molar-refractivity contribution >= 4 is 15.9 Å². The smallest absolute Gasteiger partial charge is 0.267 e. The van der Waals surface area contributed by atoms with E-state index in [2.05, 4.69) is 12.2 Å². The van der Waals surface area contributed by atoms with Gasteiger partial charge in [0.2, 0.25) is 10.0 Å². The van der Waals surface area contributed by atoms with E-state index < -0.39 is 10.0 Å². The molecule has 118 valence electrons. The third-order valence-electron chi connectivity index (χ3n) is 4.13. The van der Waals surface area contributed by atoms with Crippen molar-refractivity contribution in [3.63, 3.8) is 0 Å². The van der Waals surface area contributed by atoms with Gasteiger partial charge in [-0.2, -0.15) is 0 Å². The van der Waals surface area contributed by atoms with Crippen LogP contribution in [0.25, 0.3) is 0 Å². The number of aromatic nitrogens is 1. The number of sulfonamides is 1. The predicted octanol–water partition coefficient (Wildman–Crippen LogP) is 1.47. The van der Waals surface area contributed by atoms with Crippen LogP contribution in [0.2, 0.25) is 0 Å². The second-order valence-electron chi connectivity index (χ2n) is 5.82. The molecule has 1 aromatic rings. The monoisotopic (exact) mass is 313 g/mol. The Labute approximate surface area is 125 Å². The van der Waals surface area contributed by atoms with Crippen LogP contribution in [0, 0.1) is 5.41 Å². The molecule has 1 aliphatic carbocycles. The molecule has 1 amide bonds. The van der Waals surface area contributed by atoms with Gasteiger partial charge in [-0.25, -0.2) is 13.6 Å². The van der Waals surface area contributed by atoms with Gasteiger partial charge in [0.05, 0.1) is 0 Å². The average molecular weight is 313 g/mol. The van der Waals surface area contributed by atoms with Crippen LogP contribution in [0.3, 0.4) is 0 Å². The van der Waals surface area contributed by atoms with E-state index in [9.17, 15) is 13.2 Å². The fourth-order valence-electron chi connectivity index (χ4n) is 2.67. The molecular formula is C14H23N3O3S. The summed E-state index contributed by atoms with van der Waals surface area (Å²) >= 11 is 0. The Balaban J connectivity index is 2.10. The van der Waals surface area contributed by atoms with Crippen molar-refractivity contribution in [2.75, 3.05) is 6.54 Å². The first-order chi connectivity index (χ1) is 9.81. The highest BCUT2D eigenvalue weighted by Crippen LogP contribution is 2.48. The number of aryl methyl sites for hydroxylation is 1. The molecule has 7 heteroatoms. The zero-order valence-electron chi connectivity index (χ0n) is 12.6. The molecule has 2 rings (SSSR count). The summed E-state index contributed by atoms with van der Waals surface area (Å²) in [4.78, 5) is 12.3. The summed E-state index contributed by atoms with van der Waals surface area (Å²) in [5, 5.41) is 8.04. The number of carbonyl (C=O) groups excluding carboxylic acids is 1. The van der Waals surface area contributed by atoms with Gasteiger partial charge >= 0.3 is 0 Å². The molecule has 0 unspecified atom stereocenters. The molecule has 1 heterocycles. The number of amides is 1. The molecule has 1 aliphatic rings. The molecule has 3 N–H and O–H groups in total. The van der Waals surface area contributed by atoms with E-state index in [1.165, 1.54) is 12.3 Å². The highest BCUT2D eigenvalue weighted by atomic mass is 32.2. The lowest BCUT2D eigenvalue weighted by Crippen LogP contribution is -2.31. The van der Waals surface area contributed by atoms with Gasteiger partial charge in [0.25, 0.3) is 5.91 Å². The minimum Gasteiger partial charge on any atom is -0.350 e. The lowest BCUT2D eigenvalue weighted by molar-refractivity contribution is 0.0934. The molecule has 1 saturated carbocycles. The fraction of sp³-hybridized carbons (Fsp3) is 0.643. The molecular weight excluding hydrogens is 290 g/mol. The van der Waals surface area contributed by atoms with E-state index in [0.29, 0.717) is 18.8 Å². The van der Waals surface area contributed by atoms with Crippen LogP contribution in [-0.4, -0.2) is 25.4 Å². The Morgan fingerprint density at radius 2 is 2.10 bits per heavy atom. The summed E-state index contributed by atoms with van der Waals surface area (Å²) in [6, 6.07) is 1.34. The van der Waals surface area contributed by atoms with E-state index in [-0.39, 0.29) is 16.2 Å². The standard InChI is InChI=1S/C14H23N3O3S/c1-3-5-14(6-7-14)10-16-13(18)12-8-11(21(15,19)20)9-17(12)4-2/h8-9H,3-7,10H2,1-2H3,(H,16,18)(H2,15,19,20). The summed E-state index contributed by atoms with van der Waals surface area (Å²) in [7, 11) is -3.79. The summed E-state index contributed by atoms with van der Waals surface area (Å²) in [5.41, 5.74) is 0.602. The van der Waals surface area contributed by atoms with Crippen molar-refractivity contribution < 1.29 is 13.2 Å². The molecule has 6 nitrogen and oxygen atoms in total. The van der Waals surface area contributed by atoms with Crippen LogP contribution >= 0.6 is 0 Å². The summed E-state index contributed by atoms with van der Waals surface area (Å²) in [5.74, 6) is -0.242. The molecule has 0 radical (unpaired) electrons. The summed E-state index contributed by atoms with van der Waals surface area (Å²) in [6.45, 7) is 5.16. The fourth-order valence-corrected chi connectivity index (χ4v) is 3.22. The van der Waals surface area contributed by atoms with Gasteiger partial charge in [-0.15, -0.1) is 0 Å². The maximum absolute atomic E-state index is 12.3. The zero-order chi connectivity index (χ0) is 15.7. The van der Waals surface area contributed by atoms with Gasteiger partial charge in [-0.3, -0.25) is 4.79 Å². The third-order valence-corrected chi connectivity index (χ3v) is 5.02. The van der Waals surface area contributed by atoms with Crippen molar-refractivity contribution in [3.05, 3.63) is 18.0 Å². The molecule has 0 aromatic carbocycles. The first kappa shape index (κ1) is 16.0. The van der Waals surface area contributed by atoms with E-state index in [0.717, 1.165) is 25.7 Å². The lowest BCUT2D eigenvalue weighted by Gasteiger charge is -2.15. The van der Waals surface area contributed by atoms with E-state index in [1.807, 2.05) is 6.92 Å². The topological polar surface area (TPSA) is 94.2 Å². The quantitative estimate of drug-likeness (QED) is 0.798. The number of hydrogen-bond acceptors (Lipinski definition) is 3. The highest BCUT2D eigenvalue weighted by molar-refractivity contribution is 7.89. The maximum atomic E-state index is 12.3. The van der Waals surface area contributed by atoms with Crippen molar-refractivity contribution in [1.82, 2.24) is 9.88 Å². The second-order valence-corrected chi connectivity index (χ2v) is 7.39. The molecule has 0 atom stereocenters. The molecule has 21 heavy (non-hydrogen) atoms. The van der Waals surface area contributed by atoms with Crippen molar-refractivity contribution in [3.8, 4) is 0 Å². The number of nitrogens with two attached hydrogens (primary N) is 1. The van der Waals surface area contributed by atoms with E-state index in [1.54, 1.807) is 4.57 Å². The lowest BCUT2D eigenvalue weighted by atomic mass is 10.0. The average Bonchev–Trinajstić information content (AvgIpc) is 3.02. The van der Waals surface area contributed by atoms with Crippen molar-refractivity contribution in [2.24, 2.45) is 10.6 Å². The van der Waals surface area contributed by atoms with Gasteiger partial charge in [0, 0.05) is 19.3 Å². The van der Waals surface area contributed by atoms with Crippen LogP contribution in [0.4, 0.5) is 0 Å². The Morgan fingerprint density at radius 3 is 2.57 bits per heavy atom. The van der Waals surface area contributed by atoms with Crippen LogP contribution in [0.15, 0.2) is 17.2 Å². The molecule has 0 bridgehead atoms. The molecule has 0 saturated heterocycles. The minimum absolute atomic E-state index is 0.0239. The molecule has 1 fully saturated rings. The number of primary sulfonamides is 1. The normalized spacial score (nSPS) is 16.7. The SMILES string of the molecule is CCCC1(CNC(=O)c2cc(S(N)(=O)=O)cn2CC)CC1. The van der Waals surface area contributed by atoms with Crippen LogP contribution < -0.4 is 10.5 Å². The molecule has 1 aromatic heterocycles. The number of nitrogens with zero attached hydrogens (tertiary/aromatic N) is 1. The third kappa shape index (κ3) is 3.65. The van der Waals surface area contributed by atoms with Gasteiger partial charge in [-0.05, 0) is 37.7 Å². The molecule has 0 spiro atoms. The van der Waals surface area contributed by atoms with Gasteiger partial charge in [-0.1, -0.05) is 13.3 Å². The van der Waals surface area contributed by atoms with Gasteiger partial charge < -0.3 is 9.88 Å². The molecule has 0 aliphatic heterocycles. The van der Waals surface area contributed by atoms with Crippen LogP contribution in [-0.2, 0) is 16.6 Å². The maximum Gasteiger partial charge on any atom is 0.267 e. The number of rotatable bonds is 7. The van der Waals surface area contributed by atoms with Gasteiger partial charge in [0.1, 0.15) is 10.6 Å². The highest BCUT2D eigenvalue weighted by Gasteiger charge is 2.41. The summed E-state index contributed by atoms with van der Waals surface area (Å²) in [6.07, 6.45) is 5.93. The number of nitrogens with one attached hydrogen (secondary N) is 1. The van der Waals surface area contributed by atoms with Gasteiger partial charge in [0.15, 0.2) is 0 Å². The van der Waals surface area contributed by atoms with Crippen molar-refractivity contribution in [2.45, 2.75) is 51.0 Å². The first-order valence-electron chi connectivity index (χ1n) is 7.32. The van der Waals surface area contributed by atoms with E-state index >= 15 is 0 Å². The number of hydrogen-bond donors (Lipinski definition) is 2. The first-order valence-corrected chi connectivity index (χ1v) is 8.87. The Morgan fingerprint density at radius 1 is 1.43 bits per heavy atom.